The topological polar surface area (TPSA) is 33.5 Å². The minimum absolute atomic E-state index is 0.375. The lowest BCUT2D eigenvalue weighted by molar-refractivity contribution is -0.108. The second kappa shape index (κ2) is 8.96. The summed E-state index contributed by atoms with van der Waals surface area (Å²) in [7, 11) is 0. The molecule has 29 heavy (non-hydrogen) atoms. The second-order valence-electron chi connectivity index (χ2n) is 8.65. The summed E-state index contributed by atoms with van der Waals surface area (Å²) >= 11 is 0. The molecule has 3 nitrogen and oxygen atoms in total. The van der Waals surface area contributed by atoms with Crippen LogP contribution < -0.4 is 0 Å². The van der Waals surface area contributed by atoms with E-state index in [-0.39, 0.29) is 0 Å². The number of fused-ring (bicyclic) bond motifs is 1. The molecule has 4 rings (SSSR count). The van der Waals surface area contributed by atoms with Crippen molar-refractivity contribution in [3.05, 3.63) is 59.9 Å². The SMILES string of the molecule is CC(CC=O)Cc1cccc(-c2ccc3oc(CCN4CCC[C@H]4C)cc3c2)c1. The zero-order chi connectivity index (χ0) is 20.2. The Morgan fingerprint density at radius 1 is 1.17 bits per heavy atom. The molecule has 1 unspecified atom stereocenters. The third kappa shape index (κ3) is 4.79. The van der Waals surface area contributed by atoms with Gasteiger partial charge in [0, 0.05) is 30.8 Å². The summed E-state index contributed by atoms with van der Waals surface area (Å²) in [5.74, 6) is 1.45. The molecular formula is C26H31NO2. The number of hydrogen-bond acceptors (Lipinski definition) is 3. The molecule has 0 saturated carbocycles. The van der Waals surface area contributed by atoms with Gasteiger partial charge in [0.2, 0.25) is 0 Å². The molecule has 2 atom stereocenters. The molecule has 1 saturated heterocycles. The third-order valence-corrected chi connectivity index (χ3v) is 6.25. The summed E-state index contributed by atoms with van der Waals surface area (Å²) < 4.78 is 6.10. The van der Waals surface area contributed by atoms with E-state index in [1.165, 1.54) is 41.5 Å². The Bertz CT molecular complexity index is 974. The molecule has 1 aliphatic rings. The maximum atomic E-state index is 10.7. The molecule has 3 heteroatoms. The highest BCUT2D eigenvalue weighted by Crippen LogP contribution is 2.28. The fourth-order valence-corrected chi connectivity index (χ4v) is 4.51. The zero-order valence-corrected chi connectivity index (χ0v) is 17.6. The van der Waals surface area contributed by atoms with Gasteiger partial charge < -0.3 is 14.1 Å². The lowest BCUT2D eigenvalue weighted by atomic mass is 9.95. The van der Waals surface area contributed by atoms with Crippen LogP contribution in [-0.4, -0.2) is 30.3 Å². The summed E-state index contributed by atoms with van der Waals surface area (Å²) in [5.41, 5.74) is 4.68. The van der Waals surface area contributed by atoms with Gasteiger partial charge >= 0.3 is 0 Å². The molecule has 152 valence electrons. The van der Waals surface area contributed by atoms with Crippen LogP contribution in [0.2, 0.25) is 0 Å². The average Bonchev–Trinajstić information content (AvgIpc) is 3.31. The first-order valence-corrected chi connectivity index (χ1v) is 10.9. The van der Waals surface area contributed by atoms with Crippen molar-refractivity contribution in [1.82, 2.24) is 4.90 Å². The predicted molar refractivity (Wildman–Crippen MR) is 119 cm³/mol. The van der Waals surface area contributed by atoms with Crippen LogP contribution in [-0.2, 0) is 17.6 Å². The van der Waals surface area contributed by atoms with Crippen LogP contribution in [0.5, 0.6) is 0 Å². The number of benzene rings is 2. The van der Waals surface area contributed by atoms with E-state index < -0.39 is 0 Å². The minimum Gasteiger partial charge on any atom is -0.461 e. The first kappa shape index (κ1) is 19.9. The normalized spacial score (nSPS) is 18.3. The van der Waals surface area contributed by atoms with Crippen molar-refractivity contribution in [1.29, 1.82) is 0 Å². The van der Waals surface area contributed by atoms with E-state index in [1.807, 2.05) is 0 Å². The summed E-state index contributed by atoms with van der Waals surface area (Å²) in [4.78, 5) is 13.3. The van der Waals surface area contributed by atoms with Crippen molar-refractivity contribution < 1.29 is 9.21 Å². The number of rotatable bonds is 8. The van der Waals surface area contributed by atoms with Crippen LogP contribution in [0.1, 0.15) is 44.4 Å². The van der Waals surface area contributed by atoms with Crippen molar-refractivity contribution in [2.45, 2.75) is 52.0 Å². The number of hydrogen-bond donors (Lipinski definition) is 0. The number of furan rings is 1. The van der Waals surface area contributed by atoms with E-state index in [4.69, 9.17) is 4.42 Å². The molecule has 1 fully saturated rings. The molecular weight excluding hydrogens is 358 g/mol. The van der Waals surface area contributed by atoms with E-state index in [0.29, 0.717) is 18.4 Å². The predicted octanol–water partition coefficient (Wildman–Crippen LogP) is 5.89. The molecule has 0 amide bonds. The number of likely N-dealkylation sites (tertiary alicyclic amines) is 1. The Hall–Kier alpha value is -2.39. The van der Waals surface area contributed by atoms with Crippen molar-refractivity contribution >= 4 is 17.3 Å². The zero-order valence-electron chi connectivity index (χ0n) is 17.6. The van der Waals surface area contributed by atoms with Crippen LogP contribution in [0.25, 0.3) is 22.1 Å². The molecule has 0 radical (unpaired) electrons. The molecule has 0 spiro atoms. The number of nitrogens with zero attached hydrogens (tertiary/aromatic N) is 1. The van der Waals surface area contributed by atoms with E-state index in [0.717, 1.165) is 37.0 Å². The Labute approximate surface area is 173 Å². The van der Waals surface area contributed by atoms with Gasteiger partial charge in [-0.15, -0.1) is 0 Å². The average molecular weight is 390 g/mol. The van der Waals surface area contributed by atoms with Gasteiger partial charge in [-0.2, -0.15) is 0 Å². The van der Waals surface area contributed by atoms with E-state index >= 15 is 0 Å². The van der Waals surface area contributed by atoms with Gasteiger partial charge in [0.05, 0.1) is 0 Å². The lowest BCUT2D eigenvalue weighted by Gasteiger charge is -2.19. The molecule has 0 aliphatic carbocycles. The highest BCUT2D eigenvalue weighted by Gasteiger charge is 2.20. The fraction of sp³-hybridized carbons (Fsp3) is 0.423. The van der Waals surface area contributed by atoms with Crippen molar-refractivity contribution in [2.75, 3.05) is 13.1 Å². The van der Waals surface area contributed by atoms with Crippen LogP contribution >= 0.6 is 0 Å². The summed E-state index contributed by atoms with van der Waals surface area (Å²) in [6.07, 6.45) is 6.17. The third-order valence-electron chi connectivity index (χ3n) is 6.25. The monoisotopic (exact) mass is 389 g/mol. The van der Waals surface area contributed by atoms with Gasteiger partial charge in [0.1, 0.15) is 17.6 Å². The molecule has 2 aromatic carbocycles. The van der Waals surface area contributed by atoms with Gasteiger partial charge in [-0.3, -0.25) is 0 Å². The maximum Gasteiger partial charge on any atom is 0.134 e. The lowest BCUT2D eigenvalue weighted by Crippen LogP contribution is -2.28. The number of carbonyl (C=O) groups excluding carboxylic acids is 1. The van der Waals surface area contributed by atoms with Gasteiger partial charge in [0.25, 0.3) is 0 Å². The van der Waals surface area contributed by atoms with Gasteiger partial charge in [-0.1, -0.05) is 37.3 Å². The molecule has 0 N–H and O–H groups in total. The molecule has 2 heterocycles. The van der Waals surface area contributed by atoms with E-state index in [2.05, 4.69) is 67.3 Å². The first-order chi connectivity index (χ1) is 14.1. The summed E-state index contributed by atoms with van der Waals surface area (Å²) in [6.45, 7) is 6.75. The summed E-state index contributed by atoms with van der Waals surface area (Å²) in [5, 5.41) is 1.17. The van der Waals surface area contributed by atoms with Crippen LogP contribution in [0.3, 0.4) is 0 Å². The van der Waals surface area contributed by atoms with Gasteiger partial charge in [0.15, 0.2) is 0 Å². The largest absolute Gasteiger partial charge is 0.461 e. The first-order valence-electron chi connectivity index (χ1n) is 10.9. The van der Waals surface area contributed by atoms with Crippen LogP contribution in [0, 0.1) is 5.92 Å². The summed E-state index contributed by atoms with van der Waals surface area (Å²) in [6, 6.07) is 18.0. The highest BCUT2D eigenvalue weighted by atomic mass is 16.3. The van der Waals surface area contributed by atoms with Crippen molar-refractivity contribution in [2.24, 2.45) is 5.92 Å². The number of aldehydes is 1. The Kier molecular flexibility index (Phi) is 6.15. The molecule has 3 aromatic rings. The smallest absolute Gasteiger partial charge is 0.134 e. The van der Waals surface area contributed by atoms with Crippen LogP contribution in [0.4, 0.5) is 0 Å². The van der Waals surface area contributed by atoms with Crippen molar-refractivity contribution in [3.63, 3.8) is 0 Å². The van der Waals surface area contributed by atoms with Gasteiger partial charge in [-0.05, 0) is 73.5 Å². The standard InChI is InChI=1S/C26H31NO2/c1-19(11-14-28)15-21-6-3-7-22(16-21)23-8-9-26-24(17-23)18-25(29-26)10-13-27-12-4-5-20(27)2/h3,6-9,14,16-20H,4-5,10-13,15H2,1-2H3/t19?,20-/m1/s1. The number of carbonyl (C=O) groups is 1. The fourth-order valence-electron chi connectivity index (χ4n) is 4.51. The Morgan fingerprint density at radius 2 is 2.03 bits per heavy atom. The quantitative estimate of drug-likeness (QED) is 0.450. The molecule has 1 aromatic heterocycles. The minimum atomic E-state index is 0.375. The van der Waals surface area contributed by atoms with E-state index in [9.17, 15) is 4.79 Å². The Balaban J connectivity index is 1.49. The maximum absolute atomic E-state index is 10.7. The highest BCUT2D eigenvalue weighted by molar-refractivity contribution is 5.84. The van der Waals surface area contributed by atoms with Crippen molar-refractivity contribution in [3.8, 4) is 11.1 Å². The molecule has 1 aliphatic heterocycles. The molecule has 0 bridgehead atoms. The van der Waals surface area contributed by atoms with Crippen LogP contribution in [0.15, 0.2) is 52.9 Å². The van der Waals surface area contributed by atoms with Gasteiger partial charge in [-0.25, -0.2) is 0 Å². The van der Waals surface area contributed by atoms with E-state index in [1.54, 1.807) is 0 Å². The second-order valence-corrected chi connectivity index (χ2v) is 8.65. The Morgan fingerprint density at radius 3 is 2.83 bits per heavy atom.